The molecule has 0 bridgehead atoms. The molecule has 2 heterocycles. The Morgan fingerprint density at radius 3 is 2.62 bits per heavy atom. The van der Waals surface area contributed by atoms with Crippen LogP contribution in [0.15, 0.2) is 34.4 Å². The van der Waals surface area contributed by atoms with E-state index in [2.05, 4.69) is 5.32 Å². The monoisotopic (exact) mass is 415 g/mol. The summed E-state index contributed by atoms with van der Waals surface area (Å²) in [5, 5.41) is 4.57. The fraction of sp³-hybridized carbons (Fsp3) is 0.400. The average Bonchev–Trinajstić information content (AvgIpc) is 3.30. The number of rotatable bonds is 4. The number of anilines is 2. The average molecular weight is 415 g/mol. The molecule has 9 heteroatoms. The molecule has 2 amide bonds. The number of hydrogen-bond acceptors (Lipinski definition) is 6. The highest BCUT2D eigenvalue weighted by molar-refractivity contribution is 7.07. The molecular formula is C20H21N3O5S. The topological polar surface area (TPSA) is 97.7 Å². The zero-order chi connectivity index (χ0) is 20.6. The summed E-state index contributed by atoms with van der Waals surface area (Å²) < 4.78 is 6.48. The normalized spacial score (nSPS) is 17.1. The lowest BCUT2D eigenvalue weighted by molar-refractivity contribution is -0.149. The third-order valence-corrected chi connectivity index (χ3v) is 6.43. The predicted molar refractivity (Wildman–Crippen MR) is 108 cm³/mol. The number of carbonyl (C=O) groups is 3. The van der Waals surface area contributed by atoms with Crippen molar-refractivity contribution in [3.8, 4) is 0 Å². The van der Waals surface area contributed by atoms with Gasteiger partial charge >= 0.3 is 10.8 Å². The van der Waals surface area contributed by atoms with Crippen molar-refractivity contribution in [2.24, 2.45) is 0 Å². The van der Waals surface area contributed by atoms with Crippen LogP contribution in [0.4, 0.5) is 11.4 Å². The molecule has 2 aromatic rings. The maximum absolute atomic E-state index is 13.1. The van der Waals surface area contributed by atoms with Gasteiger partial charge in [-0.15, -0.1) is 0 Å². The Morgan fingerprint density at radius 1 is 1.21 bits per heavy atom. The smallest absolute Gasteiger partial charge is 0.326 e. The molecule has 1 aromatic carbocycles. The molecule has 1 spiro atoms. The van der Waals surface area contributed by atoms with Gasteiger partial charge in [-0.3, -0.25) is 28.6 Å². The molecule has 0 unspecified atom stereocenters. The highest BCUT2D eigenvalue weighted by Gasteiger charge is 2.52. The molecule has 1 aliphatic heterocycles. The lowest BCUT2D eigenvalue weighted by Gasteiger charge is -2.44. The van der Waals surface area contributed by atoms with Crippen LogP contribution in [0.25, 0.3) is 0 Å². The number of thiazole rings is 1. The Kier molecular flexibility index (Phi) is 4.99. The summed E-state index contributed by atoms with van der Waals surface area (Å²) in [7, 11) is 0. The lowest BCUT2D eigenvalue weighted by Crippen LogP contribution is -2.61. The Hall–Kier alpha value is -2.94. The van der Waals surface area contributed by atoms with Crippen molar-refractivity contribution in [2.45, 2.75) is 44.7 Å². The summed E-state index contributed by atoms with van der Waals surface area (Å²) in [6.07, 6.45) is 2.83. The van der Waals surface area contributed by atoms with E-state index in [-0.39, 0.29) is 17.3 Å². The van der Waals surface area contributed by atoms with Gasteiger partial charge in [-0.2, -0.15) is 0 Å². The van der Waals surface area contributed by atoms with Crippen LogP contribution in [-0.2, 0) is 25.7 Å². The van der Waals surface area contributed by atoms with Gasteiger partial charge in [0.2, 0.25) is 0 Å². The van der Waals surface area contributed by atoms with Crippen molar-refractivity contribution >= 4 is 40.5 Å². The SMILES string of the molecule is Cc1csc(=O)n1CC(=O)OCC(=O)N1c2ccccc2NC(=O)C12CCCC2. The van der Waals surface area contributed by atoms with E-state index in [1.54, 1.807) is 36.6 Å². The summed E-state index contributed by atoms with van der Waals surface area (Å²) in [5.41, 5.74) is 0.892. The first kappa shape index (κ1) is 19.4. The van der Waals surface area contributed by atoms with E-state index in [1.807, 2.05) is 0 Å². The van der Waals surface area contributed by atoms with Crippen LogP contribution in [0.2, 0.25) is 0 Å². The van der Waals surface area contributed by atoms with Crippen LogP contribution >= 0.6 is 11.3 Å². The first-order chi connectivity index (χ1) is 13.9. The van der Waals surface area contributed by atoms with Gasteiger partial charge in [0, 0.05) is 11.1 Å². The molecule has 2 aliphatic rings. The summed E-state index contributed by atoms with van der Waals surface area (Å²) in [5.74, 6) is -1.32. The Labute approximate surface area is 171 Å². The van der Waals surface area contributed by atoms with E-state index in [0.29, 0.717) is 29.9 Å². The third kappa shape index (κ3) is 3.35. The quantitative estimate of drug-likeness (QED) is 0.771. The number of esters is 1. The number of nitrogens with one attached hydrogen (secondary N) is 1. The number of ether oxygens (including phenoxy) is 1. The van der Waals surface area contributed by atoms with Crippen molar-refractivity contribution < 1.29 is 19.1 Å². The molecule has 29 heavy (non-hydrogen) atoms. The second-order valence-electron chi connectivity index (χ2n) is 7.33. The third-order valence-electron chi connectivity index (χ3n) is 5.54. The molecule has 1 fully saturated rings. The van der Waals surface area contributed by atoms with Crippen molar-refractivity contribution in [1.29, 1.82) is 0 Å². The summed E-state index contributed by atoms with van der Waals surface area (Å²) in [4.78, 5) is 51.2. The fourth-order valence-corrected chi connectivity index (χ4v) is 4.84. The lowest BCUT2D eigenvalue weighted by atomic mass is 9.90. The zero-order valence-corrected chi connectivity index (χ0v) is 16.8. The van der Waals surface area contributed by atoms with E-state index in [4.69, 9.17) is 4.74 Å². The first-order valence-electron chi connectivity index (χ1n) is 9.46. The molecule has 1 N–H and O–H groups in total. The van der Waals surface area contributed by atoms with Crippen LogP contribution < -0.4 is 15.1 Å². The number of benzene rings is 1. The number of hydrogen-bond donors (Lipinski definition) is 1. The standard InChI is InChI=1S/C20H21N3O5S/c1-13-12-29-19(27)22(13)10-17(25)28-11-16(24)23-15-7-3-2-6-14(15)21-18(26)20(23)8-4-5-9-20/h2-3,6-7,12H,4-5,8-11H2,1H3,(H,21,26). The molecule has 8 nitrogen and oxygen atoms in total. The zero-order valence-electron chi connectivity index (χ0n) is 16.0. The van der Waals surface area contributed by atoms with Gasteiger partial charge in [-0.1, -0.05) is 36.3 Å². The van der Waals surface area contributed by atoms with Gasteiger partial charge in [-0.05, 0) is 31.9 Å². The minimum Gasteiger partial charge on any atom is -0.454 e. The molecule has 0 saturated heterocycles. The maximum atomic E-state index is 13.1. The number of carbonyl (C=O) groups excluding carboxylic acids is 3. The maximum Gasteiger partial charge on any atom is 0.326 e. The van der Waals surface area contributed by atoms with E-state index < -0.39 is 24.0 Å². The van der Waals surface area contributed by atoms with Gasteiger partial charge in [-0.25, -0.2) is 0 Å². The van der Waals surface area contributed by atoms with Crippen molar-refractivity contribution in [2.75, 3.05) is 16.8 Å². The van der Waals surface area contributed by atoms with E-state index in [0.717, 1.165) is 24.2 Å². The molecule has 1 aromatic heterocycles. The van der Waals surface area contributed by atoms with Crippen LogP contribution in [0.1, 0.15) is 31.4 Å². The minimum absolute atomic E-state index is 0.200. The van der Waals surface area contributed by atoms with Gasteiger partial charge in [0.1, 0.15) is 12.1 Å². The Morgan fingerprint density at radius 2 is 1.93 bits per heavy atom. The fourth-order valence-electron chi connectivity index (χ4n) is 4.11. The number of aromatic nitrogens is 1. The second-order valence-corrected chi connectivity index (χ2v) is 8.15. The van der Waals surface area contributed by atoms with Crippen molar-refractivity contribution in [1.82, 2.24) is 4.57 Å². The Balaban J connectivity index is 1.54. The molecular weight excluding hydrogens is 394 g/mol. The van der Waals surface area contributed by atoms with E-state index in [9.17, 15) is 19.2 Å². The number of nitrogens with zero attached hydrogens (tertiary/aromatic N) is 2. The van der Waals surface area contributed by atoms with Gasteiger partial charge in [0.25, 0.3) is 11.8 Å². The number of amides is 2. The molecule has 1 saturated carbocycles. The van der Waals surface area contributed by atoms with Crippen LogP contribution in [0, 0.1) is 6.92 Å². The largest absolute Gasteiger partial charge is 0.454 e. The van der Waals surface area contributed by atoms with Crippen molar-refractivity contribution in [3.05, 3.63) is 45.0 Å². The van der Waals surface area contributed by atoms with Crippen molar-refractivity contribution in [3.63, 3.8) is 0 Å². The highest BCUT2D eigenvalue weighted by atomic mass is 32.1. The highest BCUT2D eigenvalue weighted by Crippen LogP contribution is 2.45. The first-order valence-corrected chi connectivity index (χ1v) is 10.3. The predicted octanol–water partition coefficient (Wildman–Crippen LogP) is 2.06. The minimum atomic E-state index is -0.946. The number of aryl methyl sites for hydroxylation is 1. The molecule has 1 aliphatic carbocycles. The van der Waals surface area contributed by atoms with E-state index in [1.165, 1.54) is 9.47 Å². The summed E-state index contributed by atoms with van der Waals surface area (Å²) in [6.45, 7) is 0.993. The van der Waals surface area contributed by atoms with Gasteiger partial charge in [0.05, 0.1) is 11.4 Å². The van der Waals surface area contributed by atoms with Crippen LogP contribution in [-0.4, -0.2) is 34.5 Å². The number of fused-ring (bicyclic) bond motifs is 1. The molecule has 0 atom stereocenters. The Bertz CT molecular complexity index is 1030. The van der Waals surface area contributed by atoms with Gasteiger partial charge < -0.3 is 10.1 Å². The van der Waals surface area contributed by atoms with E-state index >= 15 is 0 Å². The molecule has 4 rings (SSSR count). The number of para-hydroxylation sites is 2. The molecule has 0 radical (unpaired) electrons. The summed E-state index contributed by atoms with van der Waals surface area (Å²) in [6, 6.07) is 7.11. The van der Waals surface area contributed by atoms with Crippen LogP contribution in [0.3, 0.4) is 0 Å². The second kappa shape index (κ2) is 7.47. The summed E-state index contributed by atoms with van der Waals surface area (Å²) >= 11 is 1.01. The van der Waals surface area contributed by atoms with Crippen LogP contribution in [0.5, 0.6) is 0 Å². The molecule has 152 valence electrons. The van der Waals surface area contributed by atoms with Gasteiger partial charge in [0.15, 0.2) is 6.61 Å².